The SMILES string of the molecule is Cc1ccc(-c2cc(CNC(=O)COc3cccc(C)c3)no2)cc1. The Balaban J connectivity index is 1.50. The number of carbonyl (C=O) groups is 1. The van der Waals surface area contributed by atoms with Gasteiger partial charge in [-0.05, 0) is 31.5 Å². The molecule has 0 atom stereocenters. The lowest BCUT2D eigenvalue weighted by Crippen LogP contribution is -2.28. The third kappa shape index (κ3) is 4.70. The van der Waals surface area contributed by atoms with E-state index in [4.69, 9.17) is 9.26 Å². The van der Waals surface area contributed by atoms with Gasteiger partial charge in [-0.15, -0.1) is 0 Å². The molecule has 1 amide bonds. The molecule has 25 heavy (non-hydrogen) atoms. The molecule has 5 nitrogen and oxygen atoms in total. The number of ether oxygens (including phenoxy) is 1. The van der Waals surface area contributed by atoms with Crippen molar-refractivity contribution in [2.75, 3.05) is 6.61 Å². The molecule has 3 rings (SSSR count). The maximum Gasteiger partial charge on any atom is 0.258 e. The number of benzene rings is 2. The number of aromatic nitrogens is 1. The first-order chi connectivity index (χ1) is 12.1. The summed E-state index contributed by atoms with van der Waals surface area (Å²) < 4.78 is 10.8. The Kier molecular flexibility index (Phi) is 5.14. The van der Waals surface area contributed by atoms with Gasteiger partial charge in [-0.2, -0.15) is 0 Å². The normalized spacial score (nSPS) is 10.5. The smallest absolute Gasteiger partial charge is 0.258 e. The van der Waals surface area contributed by atoms with E-state index >= 15 is 0 Å². The van der Waals surface area contributed by atoms with E-state index in [9.17, 15) is 4.79 Å². The second-order valence-corrected chi connectivity index (χ2v) is 5.93. The second-order valence-electron chi connectivity index (χ2n) is 5.93. The van der Waals surface area contributed by atoms with Crippen LogP contribution in [-0.2, 0) is 11.3 Å². The molecule has 0 unspecified atom stereocenters. The van der Waals surface area contributed by atoms with Gasteiger partial charge in [-0.1, -0.05) is 47.1 Å². The fourth-order valence-electron chi connectivity index (χ4n) is 2.34. The van der Waals surface area contributed by atoms with Crippen LogP contribution in [0.2, 0.25) is 0 Å². The zero-order valence-corrected chi connectivity index (χ0v) is 14.3. The third-order valence-corrected chi connectivity index (χ3v) is 3.72. The van der Waals surface area contributed by atoms with Crippen LogP contribution in [0, 0.1) is 13.8 Å². The predicted molar refractivity (Wildman–Crippen MR) is 95.2 cm³/mol. The van der Waals surface area contributed by atoms with Crippen molar-refractivity contribution in [3.63, 3.8) is 0 Å². The first-order valence-corrected chi connectivity index (χ1v) is 8.09. The molecular weight excluding hydrogens is 316 g/mol. The van der Waals surface area contributed by atoms with Crippen molar-refractivity contribution in [3.05, 3.63) is 71.4 Å². The van der Waals surface area contributed by atoms with Crippen LogP contribution in [0.4, 0.5) is 0 Å². The van der Waals surface area contributed by atoms with Crippen molar-refractivity contribution < 1.29 is 14.1 Å². The van der Waals surface area contributed by atoms with Crippen LogP contribution in [0.25, 0.3) is 11.3 Å². The average molecular weight is 336 g/mol. The molecule has 0 aliphatic rings. The summed E-state index contributed by atoms with van der Waals surface area (Å²) in [6, 6.07) is 17.4. The summed E-state index contributed by atoms with van der Waals surface area (Å²) in [5.41, 5.74) is 3.89. The van der Waals surface area contributed by atoms with E-state index in [2.05, 4.69) is 10.5 Å². The predicted octanol–water partition coefficient (Wildman–Crippen LogP) is 3.65. The van der Waals surface area contributed by atoms with Crippen LogP contribution in [-0.4, -0.2) is 17.7 Å². The number of hydrogen-bond donors (Lipinski definition) is 1. The quantitative estimate of drug-likeness (QED) is 0.746. The van der Waals surface area contributed by atoms with Crippen molar-refractivity contribution >= 4 is 5.91 Å². The summed E-state index contributed by atoms with van der Waals surface area (Å²) in [6.45, 7) is 4.27. The van der Waals surface area contributed by atoms with Gasteiger partial charge in [0.1, 0.15) is 11.4 Å². The highest BCUT2D eigenvalue weighted by molar-refractivity contribution is 5.77. The van der Waals surface area contributed by atoms with E-state index in [1.54, 1.807) is 0 Å². The molecule has 0 aliphatic heterocycles. The van der Waals surface area contributed by atoms with Crippen LogP contribution in [0.15, 0.2) is 59.1 Å². The first kappa shape index (κ1) is 16.8. The molecule has 5 heteroatoms. The van der Waals surface area contributed by atoms with Crippen molar-refractivity contribution in [1.82, 2.24) is 10.5 Å². The minimum Gasteiger partial charge on any atom is -0.484 e. The Morgan fingerprint density at radius 2 is 1.88 bits per heavy atom. The van der Waals surface area contributed by atoms with Gasteiger partial charge in [-0.3, -0.25) is 4.79 Å². The van der Waals surface area contributed by atoms with Gasteiger partial charge in [0.15, 0.2) is 12.4 Å². The summed E-state index contributed by atoms with van der Waals surface area (Å²) in [5.74, 6) is 1.15. The van der Waals surface area contributed by atoms with E-state index in [1.165, 1.54) is 5.56 Å². The molecule has 0 spiro atoms. The lowest BCUT2D eigenvalue weighted by molar-refractivity contribution is -0.123. The number of amides is 1. The highest BCUT2D eigenvalue weighted by Crippen LogP contribution is 2.20. The summed E-state index contributed by atoms with van der Waals surface area (Å²) in [5, 5.41) is 6.76. The van der Waals surface area contributed by atoms with E-state index < -0.39 is 0 Å². The number of hydrogen-bond acceptors (Lipinski definition) is 4. The van der Waals surface area contributed by atoms with Gasteiger partial charge >= 0.3 is 0 Å². The lowest BCUT2D eigenvalue weighted by atomic mass is 10.1. The minimum absolute atomic E-state index is 0.0356. The summed E-state index contributed by atoms with van der Waals surface area (Å²) >= 11 is 0. The van der Waals surface area contributed by atoms with Gasteiger partial charge in [0, 0.05) is 11.6 Å². The molecule has 128 valence electrons. The number of nitrogens with zero attached hydrogens (tertiary/aromatic N) is 1. The van der Waals surface area contributed by atoms with E-state index in [-0.39, 0.29) is 12.5 Å². The Bertz CT molecular complexity index is 853. The van der Waals surface area contributed by atoms with Crippen LogP contribution < -0.4 is 10.1 Å². The number of aryl methyl sites for hydroxylation is 2. The molecule has 1 N–H and O–H groups in total. The fourth-order valence-corrected chi connectivity index (χ4v) is 2.34. The fraction of sp³-hybridized carbons (Fsp3) is 0.200. The molecule has 1 aromatic heterocycles. The summed E-state index contributed by atoms with van der Waals surface area (Å²) in [7, 11) is 0. The topological polar surface area (TPSA) is 64.4 Å². The second kappa shape index (κ2) is 7.66. The maximum atomic E-state index is 11.9. The molecule has 2 aromatic carbocycles. The van der Waals surface area contributed by atoms with E-state index in [1.807, 2.05) is 68.4 Å². The highest BCUT2D eigenvalue weighted by atomic mass is 16.5. The monoisotopic (exact) mass is 336 g/mol. The summed E-state index contributed by atoms with van der Waals surface area (Å²) in [6.07, 6.45) is 0. The van der Waals surface area contributed by atoms with Gasteiger partial charge < -0.3 is 14.6 Å². The zero-order chi connectivity index (χ0) is 17.6. The lowest BCUT2D eigenvalue weighted by Gasteiger charge is -2.06. The van der Waals surface area contributed by atoms with E-state index in [0.29, 0.717) is 23.7 Å². The van der Waals surface area contributed by atoms with Crippen LogP contribution in [0.3, 0.4) is 0 Å². The van der Waals surface area contributed by atoms with Crippen LogP contribution in [0.5, 0.6) is 5.75 Å². The van der Waals surface area contributed by atoms with Crippen molar-refractivity contribution in [2.45, 2.75) is 20.4 Å². The highest BCUT2D eigenvalue weighted by Gasteiger charge is 2.08. The molecule has 0 radical (unpaired) electrons. The van der Waals surface area contributed by atoms with Crippen molar-refractivity contribution in [3.8, 4) is 17.1 Å². The minimum atomic E-state index is -0.207. The molecular formula is C20H20N2O3. The van der Waals surface area contributed by atoms with Crippen molar-refractivity contribution in [2.24, 2.45) is 0 Å². The van der Waals surface area contributed by atoms with Crippen molar-refractivity contribution in [1.29, 1.82) is 0 Å². The van der Waals surface area contributed by atoms with Crippen LogP contribution in [0.1, 0.15) is 16.8 Å². The molecule has 0 bridgehead atoms. The van der Waals surface area contributed by atoms with Gasteiger partial charge in [0.05, 0.1) is 6.54 Å². The Morgan fingerprint density at radius 3 is 2.64 bits per heavy atom. The van der Waals surface area contributed by atoms with Gasteiger partial charge in [0.2, 0.25) is 0 Å². The van der Waals surface area contributed by atoms with Gasteiger partial charge in [-0.25, -0.2) is 0 Å². The Labute approximate surface area is 146 Å². The number of carbonyl (C=O) groups excluding carboxylic acids is 1. The molecule has 0 saturated carbocycles. The zero-order valence-electron chi connectivity index (χ0n) is 14.3. The Hall–Kier alpha value is -3.08. The average Bonchev–Trinajstić information content (AvgIpc) is 3.08. The summed E-state index contributed by atoms with van der Waals surface area (Å²) in [4.78, 5) is 11.9. The van der Waals surface area contributed by atoms with Crippen LogP contribution >= 0.6 is 0 Å². The largest absolute Gasteiger partial charge is 0.484 e. The maximum absolute atomic E-state index is 11.9. The third-order valence-electron chi connectivity index (χ3n) is 3.72. The molecule has 0 fully saturated rings. The molecule has 0 aliphatic carbocycles. The number of nitrogens with one attached hydrogen (secondary N) is 1. The van der Waals surface area contributed by atoms with Gasteiger partial charge in [0.25, 0.3) is 5.91 Å². The van der Waals surface area contributed by atoms with E-state index in [0.717, 1.165) is 11.1 Å². The molecule has 1 heterocycles. The molecule has 0 saturated heterocycles. The number of rotatable bonds is 6. The first-order valence-electron chi connectivity index (χ1n) is 8.09. The molecule has 3 aromatic rings. The Morgan fingerprint density at radius 1 is 1.08 bits per heavy atom. The standard InChI is InChI=1S/C20H20N2O3/c1-14-6-8-16(9-7-14)19-11-17(22-25-19)12-21-20(23)13-24-18-5-3-4-15(2)10-18/h3-11H,12-13H2,1-2H3,(H,21,23).